The topological polar surface area (TPSA) is 90.9 Å². The van der Waals surface area contributed by atoms with Crippen LogP contribution in [0.4, 0.5) is 18.0 Å². The predicted molar refractivity (Wildman–Crippen MR) is 66.5 cm³/mol. The molecule has 0 aliphatic heterocycles. The third-order valence-corrected chi connectivity index (χ3v) is 2.00. The molecule has 1 amide bonds. The van der Waals surface area contributed by atoms with E-state index in [1.165, 1.54) is 20.8 Å². The van der Waals surface area contributed by atoms with Crippen molar-refractivity contribution < 1.29 is 41.8 Å². The van der Waals surface area contributed by atoms with Crippen LogP contribution in [-0.4, -0.2) is 44.0 Å². The van der Waals surface area contributed by atoms with E-state index in [2.05, 4.69) is 14.2 Å². The molecule has 0 rings (SSSR count). The van der Waals surface area contributed by atoms with Crippen molar-refractivity contribution in [3.05, 3.63) is 11.3 Å². The molecule has 0 heterocycles. The first-order valence-electron chi connectivity index (χ1n) is 6.28. The Kier molecular flexibility index (Phi) is 7.99. The van der Waals surface area contributed by atoms with E-state index < -0.39 is 35.5 Å². The molecular formula is C12H16F3NO6. The van der Waals surface area contributed by atoms with Gasteiger partial charge < -0.3 is 14.2 Å². The van der Waals surface area contributed by atoms with Crippen molar-refractivity contribution in [3.8, 4) is 0 Å². The van der Waals surface area contributed by atoms with Crippen molar-refractivity contribution in [2.24, 2.45) is 0 Å². The second kappa shape index (κ2) is 8.90. The monoisotopic (exact) mass is 327 g/mol. The number of amides is 1. The molecular weight excluding hydrogens is 311 g/mol. The number of nitrogens with one attached hydrogen (secondary N) is 1. The zero-order valence-corrected chi connectivity index (χ0v) is 12.2. The highest BCUT2D eigenvalue weighted by Crippen LogP contribution is 2.29. The van der Waals surface area contributed by atoms with Gasteiger partial charge in [0.05, 0.1) is 19.8 Å². The number of hydrogen-bond acceptors (Lipinski definition) is 6. The summed E-state index contributed by atoms with van der Waals surface area (Å²) < 4.78 is 52.1. The highest BCUT2D eigenvalue weighted by Gasteiger charge is 2.45. The van der Waals surface area contributed by atoms with Gasteiger partial charge in [-0.05, 0) is 20.8 Å². The summed E-state index contributed by atoms with van der Waals surface area (Å²) in [5.74, 6) is -3.34. The molecule has 0 aromatic heterocycles. The molecule has 0 spiro atoms. The maximum absolute atomic E-state index is 13.0. The fraction of sp³-hybridized carbons (Fsp3) is 0.583. The largest absolute Gasteiger partial charge is 0.462 e. The van der Waals surface area contributed by atoms with Crippen LogP contribution in [0.2, 0.25) is 0 Å². The highest BCUT2D eigenvalue weighted by molar-refractivity contribution is 6.03. The lowest BCUT2D eigenvalue weighted by atomic mass is 10.2. The van der Waals surface area contributed by atoms with E-state index in [0.29, 0.717) is 0 Å². The number of halogens is 3. The molecule has 0 aromatic rings. The van der Waals surface area contributed by atoms with Crippen molar-refractivity contribution in [1.82, 2.24) is 5.32 Å². The second-order valence-corrected chi connectivity index (χ2v) is 3.53. The van der Waals surface area contributed by atoms with Crippen molar-refractivity contribution >= 4 is 18.0 Å². The molecule has 10 heteroatoms. The Morgan fingerprint density at radius 3 is 1.73 bits per heavy atom. The molecule has 0 unspecified atom stereocenters. The Hall–Kier alpha value is -2.26. The van der Waals surface area contributed by atoms with Crippen LogP contribution >= 0.6 is 0 Å². The summed E-state index contributed by atoms with van der Waals surface area (Å²) in [5, 5.41) is 1.57. The first-order chi connectivity index (χ1) is 10.2. The van der Waals surface area contributed by atoms with Crippen LogP contribution in [0.25, 0.3) is 0 Å². The number of hydrogen-bond donors (Lipinski definition) is 1. The van der Waals surface area contributed by atoms with Crippen LogP contribution in [0.3, 0.4) is 0 Å². The fourth-order valence-corrected chi connectivity index (χ4v) is 1.25. The van der Waals surface area contributed by atoms with Crippen molar-refractivity contribution in [2.45, 2.75) is 26.9 Å². The Balaban J connectivity index is 5.90. The smallest absolute Gasteiger partial charge is 0.425 e. The van der Waals surface area contributed by atoms with Crippen LogP contribution in [0, 0.1) is 0 Å². The van der Waals surface area contributed by atoms with Crippen LogP contribution in [-0.2, 0) is 23.8 Å². The maximum Gasteiger partial charge on any atom is 0.425 e. The van der Waals surface area contributed by atoms with Gasteiger partial charge in [-0.25, -0.2) is 14.4 Å². The first-order valence-corrected chi connectivity index (χ1v) is 6.28. The van der Waals surface area contributed by atoms with Gasteiger partial charge in [0.25, 0.3) is 0 Å². The second-order valence-electron chi connectivity index (χ2n) is 3.53. The summed E-state index contributed by atoms with van der Waals surface area (Å²) in [5.41, 5.74) is -3.35. The zero-order valence-electron chi connectivity index (χ0n) is 12.2. The molecule has 22 heavy (non-hydrogen) atoms. The summed E-state index contributed by atoms with van der Waals surface area (Å²) >= 11 is 0. The van der Waals surface area contributed by atoms with E-state index in [1.54, 1.807) is 5.32 Å². The van der Waals surface area contributed by atoms with E-state index >= 15 is 0 Å². The molecule has 0 aromatic carbocycles. The van der Waals surface area contributed by atoms with Crippen molar-refractivity contribution in [2.75, 3.05) is 19.8 Å². The normalized spacial score (nSPS) is 12.1. The standard InChI is InChI=1S/C12H16F3NO6/c1-4-20-9(17)7(12(13,14)15)8(10(18)21-5-2)16-11(19)22-6-3/h4-6H2,1-3H3,(H,16,19)/b8-7-. The van der Waals surface area contributed by atoms with Gasteiger partial charge in [0, 0.05) is 0 Å². The van der Waals surface area contributed by atoms with Gasteiger partial charge in [-0.2, -0.15) is 13.2 Å². The van der Waals surface area contributed by atoms with Gasteiger partial charge in [0.2, 0.25) is 0 Å². The van der Waals surface area contributed by atoms with E-state index in [1.807, 2.05) is 0 Å². The molecule has 0 fully saturated rings. The van der Waals surface area contributed by atoms with Gasteiger partial charge in [-0.15, -0.1) is 0 Å². The molecule has 0 atom stereocenters. The molecule has 126 valence electrons. The minimum atomic E-state index is -5.24. The average Bonchev–Trinajstić information content (AvgIpc) is 2.37. The first kappa shape index (κ1) is 19.7. The highest BCUT2D eigenvalue weighted by atomic mass is 19.4. The fourth-order valence-electron chi connectivity index (χ4n) is 1.25. The summed E-state index contributed by atoms with van der Waals surface area (Å²) in [6, 6.07) is 0. The number of carbonyl (C=O) groups is 3. The number of esters is 2. The Morgan fingerprint density at radius 1 is 0.864 bits per heavy atom. The van der Waals surface area contributed by atoms with Crippen LogP contribution in [0.15, 0.2) is 11.3 Å². The molecule has 0 saturated heterocycles. The molecule has 0 aliphatic rings. The molecule has 0 bridgehead atoms. The SMILES string of the molecule is CCOC(=O)N/C(C(=O)OCC)=C(/C(=O)OCC)C(F)(F)F. The quantitative estimate of drug-likeness (QED) is 0.453. The van der Waals surface area contributed by atoms with Crippen molar-refractivity contribution in [3.63, 3.8) is 0 Å². The van der Waals surface area contributed by atoms with E-state index in [9.17, 15) is 27.6 Å². The average molecular weight is 327 g/mol. The third kappa shape index (κ3) is 6.02. The lowest BCUT2D eigenvalue weighted by molar-refractivity contribution is -0.153. The lowest BCUT2D eigenvalue weighted by Crippen LogP contribution is -2.36. The zero-order chi connectivity index (χ0) is 17.3. The Bertz CT molecular complexity index is 458. The van der Waals surface area contributed by atoms with Gasteiger partial charge in [0.1, 0.15) is 5.70 Å². The predicted octanol–water partition coefficient (Wildman–Crippen LogP) is 1.68. The Labute approximate surface area is 124 Å². The van der Waals surface area contributed by atoms with E-state index in [4.69, 9.17) is 0 Å². The number of ether oxygens (including phenoxy) is 3. The van der Waals surface area contributed by atoms with Crippen LogP contribution in [0.5, 0.6) is 0 Å². The van der Waals surface area contributed by atoms with Crippen LogP contribution in [0.1, 0.15) is 20.8 Å². The van der Waals surface area contributed by atoms with E-state index in [0.717, 1.165) is 0 Å². The van der Waals surface area contributed by atoms with Crippen LogP contribution < -0.4 is 5.32 Å². The lowest BCUT2D eigenvalue weighted by Gasteiger charge is -2.16. The number of carbonyl (C=O) groups excluding carboxylic acids is 3. The molecule has 7 nitrogen and oxygen atoms in total. The van der Waals surface area contributed by atoms with Crippen molar-refractivity contribution in [1.29, 1.82) is 0 Å². The number of rotatable bonds is 6. The minimum Gasteiger partial charge on any atom is -0.462 e. The molecule has 0 radical (unpaired) electrons. The Morgan fingerprint density at radius 2 is 1.32 bits per heavy atom. The molecule has 0 aliphatic carbocycles. The molecule has 1 N–H and O–H groups in total. The van der Waals surface area contributed by atoms with Gasteiger partial charge in [0.15, 0.2) is 5.57 Å². The van der Waals surface area contributed by atoms with E-state index in [-0.39, 0.29) is 19.8 Å². The number of alkyl carbamates (subject to hydrolysis) is 1. The summed E-state index contributed by atoms with van der Waals surface area (Å²) in [6.07, 6.45) is -6.58. The third-order valence-electron chi connectivity index (χ3n) is 2.00. The summed E-state index contributed by atoms with van der Waals surface area (Å²) in [4.78, 5) is 34.4. The number of alkyl halides is 3. The minimum absolute atomic E-state index is 0.150. The van der Waals surface area contributed by atoms with Gasteiger partial charge >= 0.3 is 24.2 Å². The van der Waals surface area contributed by atoms with Gasteiger partial charge in [-0.3, -0.25) is 5.32 Å². The maximum atomic E-state index is 13.0. The molecule has 0 saturated carbocycles. The summed E-state index contributed by atoms with van der Waals surface area (Å²) in [7, 11) is 0. The summed E-state index contributed by atoms with van der Waals surface area (Å²) in [6.45, 7) is 3.27. The van der Waals surface area contributed by atoms with Gasteiger partial charge in [-0.1, -0.05) is 0 Å².